The minimum absolute atomic E-state index is 0.919. The molecule has 2 rings (SSSR count). The molecule has 0 radical (unpaired) electrons. The Balaban J connectivity index is 1.66. The summed E-state index contributed by atoms with van der Waals surface area (Å²) in [5.74, 6) is 1.12. The third kappa shape index (κ3) is 0.873. The molecule has 8 heavy (non-hydrogen) atoms. The van der Waals surface area contributed by atoms with Crippen LogP contribution in [0.1, 0.15) is 25.7 Å². The van der Waals surface area contributed by atoms with Crippen LogP contribution >= 0.6 is 0 Å². The van der Waals surface area contributed by atoms with Gasteiger partial charge in [-0.05, 0) is 25.3 Å². The zero-order valence-corrected chi connectivity index (χ0v) is 5.19. The van der Waals surface area contributed by atoms with Crippen molar-refractivity contribution >= 4 is 0 Å². The summed E-state index contributed by atoms with van der Waals surface area (Å²) >= 11 is 0. The molecule has 1 heteroatoms. The highest BCUT2D eigenvalue weighted by Crippen LogP contribution is 2.34. The summed E-state index contributed by atoms with van der Waals surface area (Å²) in [7, 11) is 0. The van der Waals surface area contributed by atoms with Crippen molar-refractivity contribution in [1.82, 2.24) is 5.32 Å². The van der Waals surface area contributed by atoms with Gasteiger partial charge in [0.05, 0.1) is 0 Å². The average molecular weight is 111 g/mol. The zero-order valence-electron chi connectivity index (χ0n) is 5.19. The predicted molar refractivity (Wildman–Crippen MR) is 33.7 cm³/mol. The Morgan fingerprint density at radius 1 is 1.25 bits per heavy atom. The Morgan fingerprint density at radius 2 is 2.00 bits per heavy atom. The first-order valence-corrected chi connectivity index (χ1v) is 3.68. The minimum atomic E-state index is 0.919. The number of hydrogen-bond acceptors (Lipinski definition) is 1. The van der Waals surface area contributed by atoms with E-state index in [1.807, 2.05) is 0 Å². The van der Waals surface area contributed by atoms with Gasteiger partial charge in [0.1, 0.15) is 0 Å². The standard InChI is InChI=1S/C7H13N/c1-2-6(1)5-7-3-4-8-7/h6-8H,1-5H2/t7-/m1/s1. The van der Waals surface area contributed by atoms with Gasteiger partial charge in [-0.25, -0.2) is 0 Å². The van der Waals surface area contributed by atoms with Gasteiger partial charge in [0.15, 0.2) is 0 Å². The predicted octanol–water partition coefficient (Wildman–Crippen LogP) is 1.15. The van der Waals surface area contributed by atoms with Crippen molar-refractivity contribution in [2.75, 3.05) is 6.54 Å². The van der Waals surface area contributed by atoms with Crippen molar-refractivity contribution < 1.29 is 0 Å². The summed E-state index contributed by atoms with van der Waals surface area (Å²) in [6.07, 6.45) is 5.94. The Morgan fingerprint density at radius 3 is 2.38 bits per heavy atom. The molecule has 0 amide bonds. The van der Waals surface area contributed by atoms with Crippen molar-refractivity contribution in [1.29, 1.82) is 0 Å². The molecule has 2 aliphatic rings. The number of hydrogen-bond donors (Lipinski definition) is 1. The fourth-order valence-electron chi connectivity index (χ4n) is 1.31. The van der Waals surface area contributed by atoms with E-state index in [9.17, 15) is 0 Å². The van der Waals surface area contributed by atoms with E-state index >= 15 is 0 Å². The highest BCUT2D eigenvalue weighted by molar-refractivity contribution is 4.85. The summed E-state index contributed by atoms with van der Waals surface area (Å²) in [4.78, 5) is 0. The molecule has 0 aromatic rings. The number of rotatable bonds is 2. The minimum Gasteiger partial charge on any atom is -0.314 e. The normalized spacial score (nSPS) is 36.8. The fraction of sp³-hybridized carbons (Fsp3) is 1.00. The summed E-state index contributed by atoms with van der Waals surface area (Å²) in [5, 5.41) is 3.42. The molecule has 1 heterocycles. The van der Waals surface area contributed by atoms with Crippen LogP contribution in [0.4, 0.5) is 0 Å². The second kappa shape index (κ2) is 1.73. The first-order valence-electron chi connectivity index (χ1n) is 3.68. The van der Waals surface area contributed by atoms with Crippen LogP contribution in [0.15, 0.2) is 0 Å². The van der Waals surface area contributed by atoms with Crippen LogP contribution in [0.2, 0.25) is 0 Å². The third-order valence-electron chi connectivity index (χ3n) is 2.24. The molecule has 2 fully saturated rings. The van der Waals surface area contributed by atoms with Gasteiger partial charge in [0.25, 0.3) is 0 Å². The summed E-state index contributed by atoms with van der Waals surface area (Å²) in [6.45, 7) is 1.28. The fourth-order valence-corrected chi connectivity index (χ4v) is 1.31. The van der Waals surface area contributed by atoms with Gasteiger partial charge in [0, 0.05) is 6.04 Å². The Labute approximate surface area is 50.5 Å². The molecule has 1 atom stereocenters. The quantitative estimate of drug-likeness (QED) is 0.563. The maximum absolute atomic E-state index is 3.42. The van der Waals surface area contributed by atoms with Gasteiger partial charge in [-0.2, -0.15) is 0 Å². The van der Waals surface area contributed by atoms with Crippen LogP contribution in [0.3, 0.4) is 0 Å². The van der Waals surface area contributed by atoms with E-state index < -0.39 is 0 Å². The van der Waals surface area contributed by atoms with Crippen molar-refractivity contribution in [2.45, 2.75) is 31.7 Å². The van der Waals surface area contributed by atoms with Crippen molar-refractivity contribution in [3.05, 3.63) is 0 Å². The first kappa shape index (κ1) is 4.80. The molecule has 1 aliphatic heterocycles. The largest absolute Gasteiger partial charge is 0.314 e. The zero-order chi connectivity index (χ0) is 5.40. The molecule has 0 bridgehead atoms. The van der Waals surface area contributed by atoms with E-state index in [1.165, 1.54) is 32.2 Å². The van der Waals surface area contributed by atoms with Crippen LogP contribution in [0.5, 0.6) is 0 Å². The summed E-state index contributed by atoms with van der Waals surface area (Å²) < 4.78 is 0. The second-order valence-corrected chi connectivity index (χ2v) is 3.12. The van der Waals surface area contributed by atoms with Crippen molar-refractivity contribution in [2.24, 2.45) is 5.92 Å². The van der Waals surface area contributed by atoms with E-state index in [0.29, 0.717) is 0 Å². The van der Waals surface area contributed by atoms with Crippen molar-refractivity contribution in [3.8, 4) is 0 Å². The average Bonchev–Trinajstić information content (AvgIpc) is 2.36. The Hall–Kier alpha value is -0.0400. The molecule has 1 nitrogen and oxygen atoms in total. The van der Waals surface area contributed by atoms with Gasteiger partial charge in [-0.3, -0.25) is 0 Å². The monoisotopic (exact) mass is 111 g/mol. The molecule has 46 valence electrons. The highest BCUT2D eigenvalue weighted by atomic mass is 15.0. The summed E-state index contributed by atoms with van der Waals surface area (Å²) in [5.41, 5.74) is 0. The topological polar surface area (TPSA) is 12.0 Å². The SMILES string of the molecule is C1C[C@H](CC2CC2)N1. The van der Waals surface area contributed by atoms with Gasteiger partial charge >= 0.3 is 0 Å². The lowest BCUT2D eigenvalue weighted by atomic mass is 10.0. The molecular formula is C7H13N. The van der Waals surface area contributed by atoms with Crippen LogP contribution in [-0.4, -0.2) is 12.6 Å². The van der Waals surface area contributed by atoms with Crippen LogP contribution in [0, 0.1) is 5.92 Å². The molecule has 0 aromatic carbocycles. The molecule has 0 spiro atoms. The van der Waals surface area contributed by atoms with Gasteiger partial charge in [-0.1, -0.05) is 12.8 Å². The van der Waals surface area contributed by atoms with E-state index in [-0.39, 0.29) is 0 Å². The smallest absolute Gasteiger partial charge is 0.00817 e. The maximum atomic E-state index is 3.42. The van der Waals surface area contributed by atoms with E-state index in [2.05, 4.69) is 5.32 Å². The first-order chi connectivity index (χ1) is 3.95. The molecule has 0 aromatic heterocycles. The van der Waals surface area contributed by atoms with Crippen molar-refractivity contribution in [3.63, 3.8) is 0 Å². The lowest BCUT2D eigenvalue weighted by Gasteiger charge is -2.27. The molecule has 0 unspecified atom stereocenters. The molecular weight excluding hydrogens is 98.1 g/mol. The van der Waals surface area contributed by atoms with E-state index in [0.717, 1.165) is 12.0 Å². The Bertz CT molecular complexity index is 82.4. The van der Waals surface area contributed by atoms with Crippen LogP contribution < -0.4 is 5.32 Å². The lowest BCUT2D eigenvalue weighted by molar-refractivity contribution is 0.337. The highest BCUT2D eigenvalue weighted by Gasteiger charge is 2.27. The maximum Gasteiger partial charge on any atom is 0.00817 e. The molecule has 1 aliphatic carbocycles. The van der Waals surface area contributed by atoms with Gasteiger partial charge in [0.2, 0.25) is 0 Å². The summed E-state index contributed by atoms with van der Waals surface area (Å²) in [6, 6.07) is 0.919. The molecule has 1 N–H and O–H groups in total. The molecule has 1 saturated carbocycles. The van der Waals surface area contributed by atoms with Gasteiger partial charge in [-0.15, -0.1) is 0 Å². The van der Waals surface area contributed by atoms with E-state index in [1.54, 1.807) is 0 Å². The van der Waals surface area contributed by atoms with Crippen LogP contribution in [-0.2, 0) is 0 Å². The number of nitrogens with one attached hydrogen (secondary N) is 1. The van der Waals surface area contributed by atoms with Crippen LogP contribution in [0.25, 0.3) is 0 Å². The second-order valence-electron chi connectivity index (χ2n) is 3.12. The molecule has 1 saturated heterocycles. The lowest BCUT2D eigenvalue weighted by Crippen LogP contribution is -2.42. The third-order valence-corrected chi connectivity index (χ3v) is 2.24. The van der Waals surface area contributed by atoms with Gasteiger partial charge < -0.3 is 5.32 Å². The Kier molecular flexibility index (Phi) is 1.04. The van der Waals surface area contributed by atoms with E-state index in [4.69, 9.17) is 0 Å².